The Labute approximate surface area is 136 Å². The molecule has 8 heteroatoms. The molecule has 0 saturated carbocycles. The number of nitriles is 1. The van der Waals surface area contributed by atoms with Gasteiger partial charge in [0.25, 0.3) is 10.0 Å². The number of nitrogens with zero attached hydrogens (tertiary/aromatic N) is 1. The smallest absolute Gasteiger partial charge is 0.264 e. The number of benzene rings is 2. The van der Waals surface area contributed by atoms with Gasteiger partial charge >= 0.3 is 0 Å². The van der Waals surface area contributed by atoms with Crippen LogP contribution < -0.4 is 4.72 Å². The van der Waals surface area contributed by atoms with Gasteiger partial charge in [-0.2, -0.15) is 5.26 Å². The fraction of sp³-hybridized carbons (Fsp3) is 0.0625. The lowest BCUT2D eigenvalue weighted by atomic mass is 10.1. The van der Waals surface area contributed by atoms with Gasteiger partial charge in [-0.3, -0.25) is 4.72 Å². The third-order valence-corrected chi connectivity index (χ3v) is 4.99. The van der Waals surface area contributed by atoms with Gasteiger partial charge in [-0.05, 0) is 30.7 Å². The number of rotatable bonds is 3. The summed E-state index contributed by atoms with van der Waals surface area (Å²) in [6, 6.07) is 7.40. The number of hydrogen-bond donors (Lipinski definition) is 2. The van der Waals surface area contributed by atoms with Crippen LogP contribution in [0.1, 0.15) is 11.1 Å². The van der Waals surface area contributed by atoms with Gasteiger partial charge in [-0.1, -0.05) is 6.07 Å². The normalized spacial score (nSPS) is 11.4. The summed E-state index contributed by atoms with van der Waals surface area (Å²) in [5, 5.41) is 9.70. The molecule has 3 aromatic rings. The highest BCUT2D eigenvalue weighted by molar-refractivity contribution is 7.92. The average Bonchev–Trinajstić information content (AvgIpc) is 2.94. The maximum atomic E-state index is 13.8. The molecule has 0 amide bonds. The van der Waals surface area contributed by atoms with Crippen LogP contribution in [-0.4, -0.2) is 13.4 Å². The minimum atomic E-state index is -4.26. The van der Waals surface area contributed by atoms with Crippen molar-refractivity contribution in [3.05, 3.63) is 59.3 Å². The SMILES string of the molecule is Cc1ccc(NS(=O)(=O)c2ccc(F)cc2F)c2[nH]cc(C#N)c12. The van der Waals surface area contributed by atoms with Crippen molar-refractivity contribution in [2.45, 2.75) is 11.8 Å². The first-order valence-electron chi connectivity index (χ1n) is 6.82. The summed E-state index contributed by atoms with van der Waals surface area (Å²) in [6.45, 7) is 1.79. The van der Waals surface area contributed by atoms with Gasteiger partial charge in [0.15, 0.2) is 0 Å². The first kappa shape index (κ1) is 16.0. The van der Waals surface area contributed by atoms with Crippen LogP contribution in [-0.2, 0) is 10.0 Å². The summed E-state index contributed by atoms with van der Waals surface area (Å²) >= 11 is 0. The second-order valence-corrected chi connectivity index (χ2v) is 6.83. The molecule has 0 unspecified atom stereocenters. The van der Waals surface area contributed by atoms with Crippen LogP contribution in [0.2, 0.25) is 0 Å². The molecule has 2 aromatic carbocycles. The van der Waals surface area contributed by atoms with Gasteiger partial charge in [0.1, 0.15) is 22.6 Å². The van der Waals surface area contributed by atoms with E-state index in [4.69, 9.17) is 5.26 Å². The Morgan fingerprint density at radius 1 is 1.21 bits per heavy atom. The molecule has 0 radical (unpaired) electrons. The van der Waals surface area contributed by atoms with Crippen LogP contribution in [0.25, 0.3) is 10.9 Å². The minimum Gasteiger partial charge on any atom is -0.358 e. The number of hydrogen-bond acceptors (Lipinski definition) is 3. The van der Waals surface area contributed by atoms with Crippen molar-refractivity contribution >= 4 is 26.6 Å². The standard InChI is InChI=1S/C16H11F2N3O2S/c1-9-2-4-13(16-15(9)10(7-19)8-20-16)21-24(22,23)14-5-3-11(17)6-12(14)18/h2-6,8,20-21H,1H3. The number of halogens is 2. The van der Waals surface area contributed by atoms with Crippen LogP contribution in [0.3, 0.4) is 0 Å². The number of aromatic nitrogens is 1. The highest BCUT2D eigenvalue weighted by Gasteiger charge is 2.21. The lowest BCUT2D eigenvalue weighted by molar-refractivity contribution is 0.551. The second kappa shape index (κ2) is 5.62. The summed E-state index contributed by atoms with van der Waals surface area (Å²) in [6.07, 6.45) is 1.47. The van der Waals surface area contributed by atoms with Crippen molar-refractivity contribution in [3.63, 3.8) is 0 Å². The zero-order valence-electron chi connectivity index (χ0n) is 12.4. The molecule has 0 aliphatic rings. The van der Waals surface area contributed by atoms with Crippen molar-refractivity contribution < 1.29 is 17.2 Å². The van der Waals surface area contributed by atoms with Gasteiger partial charge in [0.05, 0.1) is 16.8 Å². The molecule has 5 nitrogen and oxygen atoms in total. The summed E-state index contributed by atoms with van der Waals surface area (Å²) < 4.78 is 53.8. The van der Waals surface area contributed by atoms with E-state index in [0.717, 1.165) is 17.7 Å². The molecular formula is C16H11F2N3O2S. The highest BCUT2D eigenvalue weighted by atomic mass is 32.2. The maximum Gasteiger partial charge on any atom is 0.264 e. The number of aromatic amines is 1. The molecule has 2 N–H and O–H groups in total. The minimum absolute atomic E-state index is 0.167. The van der Waals surface area contributed by atoms with Crippen molar-refractivity contribution in [2.75, 3.05) is 4.72 Å². The van der Waals surface area contributed by atoms with Crippen LogP contribution >= 0.6 is 0 Å². The molecule has 24 heavy (non-hydrogen) atoms. The Bertz CT molecular complexity index is 1100. The molecule has 1 heterocycles. The van der Waals surface area contributed by atoms with Crippen molar-refractivity contribution in [1.82, 2.24) is 4.98 Å². The van der Waals surface area contributed by atoms with E-state index in [9.17, 15) is 17.2 Å². The van der Waals surface area contributed by atoms with Crippen molar-refractivity contribution in [2.24, 2.45) is 0 Å². The average molecular weight is 347 g/mol. The molecule has 0 atom stereocenters. The zero-order valence-corrected chi connectivity index (χ0v) is 13.2. The number of fused-ring (bicyclic) bond motifs is 1. The van der Waals surface area contributed by atoms with Crippen LogP contribution in [0.4, 0.5) is 14.5 Å². The van der Waals surface area contributed by atoms with Gasteiger partial charge in [-0.25, -0.2) is 17.2 Å². The quantitative estimate of drug-likeness (QED) is 0.761. The van der Waals surface area contributed by atoms with Gasteiger partial charge < -0.3 is 4.98 Å². The van der Waals surface area contributed by atoms with E-state index in [2.05, 4.69) is 9.71 Å². The molecule has 3 rings (SSSR count). The summed E-state index contributed by atoms with van der Waals surface area (Å²) in [4.78, 5) is 2.18. The Morgan fingerprint density at radius 2 is 1.96 bits per heavy atom. The first-order valence-corrected chi connectivity index (χ1v) is 8.30. The lowest BCUT2D eigenvalue weighted by Gasteiger charge is -2.11. The van der Waals surface area contributed by atoms with E-state index < -0.39 is 26.6 Å². The van der Waals surface area contributed by atoms with Gasteiger partial charge in [-0.15, -0.1) is 0 Å². The Morgan fingerprint density at radius 3 is 2.62 bits per heavy atom. The number of anilines is 1. The van der Waals surface area contributed by atoms with Crippen molar-refractivity contribution in [1.29, 1.82) is 5.26 Å². The molecule has 122 valence electrons. The van der Waals surface area contributed by atoms with E-state index in [-0.39, 0.29) is 5.69 Å². The van der Waals surface area contributed by atoms with E-state index >= 15 is 0 Å². The van der Waals surface area contributed by atoms with Crippen molar-refractivity contribution in [3.8, 4) is 6.07 Å². The van der Waals surface area contributed by atoms with Crippen LogP contribution in [0.5, 0.6) is 0 Å². The van der Waals surface area contributed by atoms with Gasteiger partial charge in [0, 0.05) is 17.6 Å². The number of aryl methyl sites for hydroxylation is 1. The predicted octanol–water partition coefficient (Wildman–Crippen LogP) is 3.43. The number of sulfonamides is 1. The molecule has 0 saturated heterocycles. The summed E-state index contributed by atoms with van der Waals surface area (Å²) in [5.74, 6) is -2.05. The second-order valence-electron chi connectivity index (χ2n) is 5.17. The fourth-order valence-corrected chi connectivity index (χ4v) is 3.62. The van der Waals surface area contributed by atoms with E-state index in [1.807, 2.05) is 6.07 Å². The lowest BCUT2D eigenvalue weighted by Crippen LogP contribution is -2.15. The summed E-state index contributed by atoms with van der Waals surface area (Å²) in [5.41, 5.74) is 1.74. The third-order valence-electron chi connectivity index (χ3n) is 3.59. The molecule has 0 fully saturated rings. The largest absolute Gasteiger partial charge is 0.358 e. The summed E-state index contributed by atoms with van der Waals surface area (Å²) in [7, 11) is -4.26. The number of H-pyrrole nitrogens is 1. The van der Waals surface area contributed by atoms with Crippen LogP contribution in [0.15, 0.2) is 41.4 Å². The monoisotopic (exact) mass is 347 g/mol. The highest BCUT2D eigenvalue weighted by Crippen LogP contribution is 2.30. The van der Waals surface area contributed by atoms with E-state index in [1.165, 1.54) is 12.3 Å². The molecule has 0 aliphatic heterocycles. The maximum absolute atomic E-state index is 13.8. The topological polar surface area (TPSA) is 85.8 Å². The number of nitrogens with one attached hydrogen (secondary N) is 2. The molecule has 1 aromatic heterocycles. The van der Waals surface area contributed by atoms with E-state index in [1.54, 1.807) is 13.0 Å². The molecular weight excluding hydrogens is 336 g/mol. The Kier molecular flexibility index (Phi) is 3.73. The third kappa shape index (κ3) is 2.59. The molecule has 0 bridgehead atoms. The van der Waals surface area contributed by atoms with Gasteiger partial charge in [0.2, 0.25) is 0 Å². The molecule has 0 spiro atoms. The Balaban J connectivity index is 2.11. The Hall–Kier alpha value is -2.92. The predicted molar refractivity (Wildman–Crippen MR) is 84.9 cm³/mol. The fourth-order valence-electron chi connectivity index (χ4n) is 2.49. The zero-order chi connectivity index (χ0) is 17.5. The van der Waals surface area contributed by atoms with E-state index in [0.29, 0.717) is 22.5 Å². The molecule has 0 aliphatic carbocycles. The van der Waals surface area contributed by atoms with Crippen LogP contribution in [0, 0.1) is 29.9 Å². The first-order chi connectivity index (χ1) is 11.3.